The Morgan fingerprint density at radius 1 is 1.16 bits per heavy atom. The van der Waals surface area contributed by atoms with Crippen molar-refractivity contribution in [3.63, 3.8) is 0 Å². The lowest BCUT2D eigenvalue weighted by atomic mass is 10.0. The molecule has 0 aliphatic carbocycles. The zero-order chi connectivity index (χ0) is 18.1. The molecule has 7 nitrogen and oxygen atoms in total. The summed E-state index contributed by atoms with van der Waals surface area (Å²) in [5.74, 6) is -2.07. The summed E-state index contributed by atoms with van der Waals surface area (Å²) in [6, 6.07) is 3.76. The first-order chi connectivity index (χ1) is 11.9. The largest absolute Gasteiger partial charge is 0.299 e. The van der Waals surface area contributed by atoms with Crippen molar-refractivity contribution in [1.29, 1.82) is 0 Å². The van der Waals surface area contributed by atoms with E-state index in [2.05, 4.69) is 5.32 Å². The van der Waals surface area contributed by atoms with E-state index in [0.29, 0.717) is 12.0 Å². The topological polar surface area (TPSA) is 101 Å². The molecule has 0 saturated carbocycles. The molecule has 1 unspecified atom stereocenters. The Balaban J connectivity index is 1.85. The lowest BCUT2D eigenvalue weighted by molar-refractivity contribution is -0.136. The summed E-state index contributed by atoms with van der Waals surface area (Å²) in [5, 5.41) is 2.16. The summed E-state index contributed by atoms with van der Waals surface area (Å²) in [6.07, 6.45) is 1.64. The Labute approximate surface area is 144 Å². The number of imide groups is 2. The summed E-state index contributed by atoms with van der Waals surface area (Å²) in [4.78, 5) is 61.2. The van der Waals surface area contributed by atoms with Gasteiger partial charge in [-0.15, -0.1) is 0 Å². The first-order valence-electron chi connectivity index (χ1n) is 8.28. The van der Waals surface area contributed by atoms with Crippen LogP contribution in [0.2, 0.25) is 0 Å². The van der Waals surface area contributed by atoms with Crippen LogP contribution in [0.5, 0.6) is 0 Å². The van der Waals surface area contributed by atoms with Crippen LogP contribution in [0.3, 0.4) is 0 Å². The Bertz CT molecular complexity index is 799. The van der Waals surface area contributed by atoms with E-state index in [9.17, 15) is 24.0 Å². The van der Waals surface area contributed by atoms with Crippen LogP contribution < -0.4 is 5.32 Å². The van der Waals surface area contributed by atoms with Crippen molar-refractivity contribution in [3.8, 4) is 0 Å². The number of nitrogens with zero attached hydrogens (tertiary/aromatic N) is 1. The molecule has 0 aromatic heterocycles. The van der Waals surface area contributed by atoms with Gasteiger partial charge in [-0.3, -0.25) is 34.2 Å². The number of hydrogen-bond acceptors (Lipinski definition) is 5. The molecule has 1 aromatic rings. The van der Waals surface area contributed by atoms with Gasteiger partial charge < -0.3 is 0 Å². The molecule has 1 atom stereocenters. The zero-order valence-corrected chi connectivity index (χ0v) is 13.8. The summed E-state index contributed by atoms with van der Waals surface area (Å²) in [6.45, 7) is 1.92. The summed E-state index contributed by atoms with van der Waals surface area (Å²) >= 11 is 0. The molecular formula is C18H18N2O5. The number of amides is 4. The molecule has 4 amide bonds. The van der Waals surface area contributed by atoms with Gasteiger partial charge in [-0.1, -0.05) is 13.0 Å². The highest BCUT2D eigenvalue weighted by Crippen LogP contribution is 2.28. The minimum atomic E-state index is -0.977. The molecule has 0 bridgehead atoms. The van der Waals surface area contributed by atoms with E-state index in [-0.39, 0.29) is 36.2 Å². The average Bonchev–Trinajstić information content (AvgIpc) is 2.79. The second kappa shape index (κ2) is 6.58. The van der Waals surface area contributed by atoms with E-state index in [1.165, 1.54) is 6.07 Å². The minimum absolute atomic E-state index is 0.0706. The molecule has 0 spiro atoms. The molecule has 1 fully saturated rings. The molecule has 1 N–H and O–H groups in total. The van der Waals surface area contributed by atoms with E-state index in [1.807, 2.05) is 6.92 Å². The van der Waals surface area contributed by atoms with Gasteiger partial charge in [0.05, 0.1) is 11.1 Å². The molecule has 1 aromatic carbocycles. The second-order valence-electron chi connectivity index (χ2n) is 6.29. The van der Waals surface area contributed by atoms with Crippen molar-refractivity contribution in [2.45, 2.75) is 45.1 Å². The third-order valence-corrected chi connectivity index (χ3v) is 4.43. The van der Waals surface area contributed by atoms with Crippen molar-refractivity contribution in [2.75, 3.05) is 0 Å². The number of carbonyl (C=O) groups excluding carboxylic acids is 5. The number of nitrogens with one attached hydrogen (secondary N) is 1. The molecule has 0 radical (unpaired) electrons. The van der Waals surface area contributed by atoms with E-state index >= 15 is 0 Å². The number of carbonyl (C=O) groups is 5. The molecule has 3 rings (SSSR count). The first-order valence-corrected chi connectivity index (χ1v) is 8.28. The highest BCUT2D eigenvalue weighted by molar-refractivity contribution is 6.23. The lowest BCUT2D eigenvalue weighted by Crippen LogP contribution is -2.54. The van der Waals surface area contributed by atoms with Gasteiger partial charge in [0.25, 0.3) is 11.8 Å². The standard InChI is InChI=1S/C18H18N2O5/c1-2-3-11(21)8-10-4-5-12-13(9-10)18(25)20(17(12)24)14-6-7-15(22)19-16(14)23/h4-5,9,14H,2-3,6-8H2,1H3,(H,19,22,23). The molecule has 1 saturated heterocycles. The van der Waals surface area contributed by atoms with Crippen LogP contribution in [-0.4, -0.2) is 40.4 Å². The van der Waals surface area contributed by atoms with Gasteiger partial charge in [0.15, 0.2) is 0 Å². The van der Waals surface area contributed by atoms with Gasteiger partial charge in [0.1, 0.15) is 11.8 Å². The Morgan fingerprint density at radius 3 is 2.56 bits per heavy atom. The highest BCUT2D eigenvalue weighted by Gasteiger charge is 2.44. The molecule has 7 heteroatoms. The van der Waals surface area contributed by atoms with Gasteiger partial charge in [-0.2, -0.15) is 0 Å². The SMILES string of the molecule is CCCC(=O)Cc1ccc2c(c1)C(=O)N(C1CCC(=O)NC1=O)C2=O. The zero-order valence-electron chi connectivity index (χ0n) is 13.8. The van der Waals surface area contributed by atoms with Gasteiger partial charge in [-0.05, 0) is 30.5 Å². The van der Waals surface area contributed by atoms with E-state index < -0.39 is 29.7 Å². The predicted octanol–water partition coefficient (Wildman–Crippen LogP) is 1.000. The minimum Gasteiger partial charge on any atom is -0.299 e. The smallest absolute Gasteiger partial charge is 0.262 e. The van der Waals surface area contributed by atoms with Gasteiger partial charge in [0, 0.05) is 19.3 Å². The predicted molar refractivity (Wildman–Crippen MR) is 86.7 cm³/mol. The van der Waals surface area contributed by atoms with Gasteiger partial charge >= 0.3 is 0 Å². The molecule has 2 heterocycles. The number of ketones is 1. The highest BCUT2D eigenvalue weighted by atomic mass is 16.2. The Hall–Kier alpha value is -2.83. The van der Waals surface area contributed by atoms with Crippen LogP contribution in [0, 0.1) is 0 Å². The molecule has 130 valence electrons. The number of hydrogen-bond donors (Lipinski definition) is 1. The second-order valence-corrected chi connectivity index (χ2v) is 6.29. The average molecular weight is 342 g/mol. The fourth-order valence-corrected chi connectivity index (χ4v) is 3.22. The monoisotopic (exact) mass is 342 g/mol. The molecule has 2 aliphatic heterocycles. The third-order valence-electron chi connectivity index (χ3n) is 4.43. The number of rotatable bonds is 5. The summed E-state index contributed by atoms with van der Waals surface area (Å²) in [7, 11) is 0. The van der Waals surface area contributed by atoms with E-state index in [0.717, 1.165) is 11.3 Å². The third kappa shape index (κ3) is 3.09. The van der Waals surface area contributed by atoms with Crippen LogP contribution in [-0.2, 0) is 20.8 Å². The van der Waals surface area contributed by atoms with Crippen LogP contribution in [0.15, 0.2) is 18.2 Å². The van der Waals surface area contributed by atoms with E-state index in [4.69, 9.17) is 0 Å². The van der Waals surface area contributed by atoms with Crippen molar-refractivity contribution < 1.29 is 24.0 Å². The maximum atomic E-state index is 12.7. The normalized spacial score (nSPS) is 19.9. The summed E-state index contributed by atoms with van der Waals surface area (Å²) < 4.78 is 0. The van der Waals surface area contributed by atoms with Crippen LogP contribution in [0.1, 0.15) is 58.9 Å². The quantitative estimate of drug-likeness (QED) is 0.805. The fourth-order valence-electron chi connectivity index (χ4n) is 3.22. The fraction of sp³-hybridized carbons (Fsp3) is 0.389. The number of piperidine rings is 1. The van der Waals surface area contributed by atoms with Crippen LogP contribution in [0.25, 0.3) is 0 Å². The van der Waals surface area contributed by atoms with Crippen LogP contribution in [0.4, 0.5) is 0 Å². The number of Topliss-reactive ketones (excluding diaryl/α,β-unsaturated/α-hetero) is 1. The molecule has 25 heavy (non-hydrogen) atoms. The lowest BCUT2D eigenvalue weighted by Gasteiger charge is -2.27. The number of benzene rings is 1. The Morgan fingerprint density at radius 2 is 1.88 bits per heavy atom. The molecule has 2 aliphatic rings. The first kappa shape index (κ1) is 17.0. The van der Waals surface area contributed by atoms with E-state index in [1.54, 1.807) is 12.1 Å². The van der Waals surface area contributed by atoms with Gasteiger partial charge in [0.2, 0.25) is 11.8 Å². The van der Waals surface area contributed by atoms with Crippen molar-refractivity contribution in [1.82, 2.24) is 10.2 Å². The van der Waals surface area contributed by atoms with Crippen molar-refractivity contribution in [3.05, 3.63) is 34.9 Å². The van der Waals surface area contributed by atoms with Crippen LogP contribution >= 0.6 is 0 Å². The van der Waals surface area contributed by atoms with Crippen molar-refractivity contribution >= 4 is 29.4 Å². The maximum Gasteiger partial charge on any atom is 0.262 e. The van der Waals surface area contributed by atoms with Crippen molar-refractivity contribution in [2.24, 2.45) is 0 Å². The van der Waals surface area contributed by atoms with Gasteiger partial charge in [-0.25, -0.2) is 0 Å². The number of fused-ring (bicyclic) bond motifs is 1. The summed E-state index contributed by atoms with van der Waals surface area (Å²) in [5.41, 5.74) is 1.10. The Kier molecular flexibility index (Phi) is 4.48. The molecular weight excluding hydrogens is 324 g/mol. The maximum absolute atomic E-state index is 12.7.